The molecule has 0 aliphatic heterocycles. The van der Waals surface area contributed by atoms with Gasteiger partial charge in [-0.15, -0.1) is 23.7 Å². The van der Waals surface area contributed by atoms with Crippen molar-refractivity contribution in [3.8, 4) is 0 Å². The Kier molecular flexibility index (Phi) is 5.04. The number of carboxylic acid groups (broad SMARTS) is 1. The molecule has 0 spiro atoms. The molecule has 0 amide bonds. The second kappa shape index (κ2) is 5.29. The molecule has 4 nitrogen and oxygen atoms in total. The molecule has 1 unspecified atom stereocenters. The Balaban J connectivity index is 0.00000169. The normalized spacial score (nSPS) is 12.3. The summed E-state index contributed by atoms with van der Waals surface area (Å²) in [7, 11) is 0. The molecule has 80 valence electrons. The maximum atomic E-state index is 10.5. The molecule has 6 heteroatoms. The van der Waals surface area contributed by atoms with Crippen LogP contribution in [0.2, 0.25) is 0 Å². The van der Waals surface area contributed by atoms with Crippen molar-refractivity contribution < 1.29 is 9.90 Å². The van der Waals surface area contributed by atoms with Gasteiger partial charge in [-0.05, 0) is 5.92 Å². The van der Waals surface area contributed by atoms with Gasteiger partial charge in [-0.2, -0.15) is 0 Å². The zero-order valence-electron chi connectivity index (χ0n) is 7.93. The second-order valence-electron chi connectivity index (χ2n) is 3.15. The maximum Gasteiger partial charge on any atom is 0.355 e. The van der Waals surface area contributed by atoms with E-state index in [4.69, 9.17) is 10.8 Å². The molecule has 14 heavy (non-hydrogen) atoms. The third kappa shape index (κ3) is 2.94. The van der Waals surface area contributed by atoms with Gasteiger partial charge in [0.2, 0.25) is 0 Å². The van der Waals surface area contributed by atoms with Crippen LogP contribution in [0.3, 0.4) is 0 Å². The Labute approximate surface area is 92.6 Å². The molecule has 0 saturated heterocycles. The first kappa shape index (κ1) is 13.4. The number of thiazole rings is 1. The minimum Gasteiger partial charge on any atom is -0.476 e. The highest BCUT2D eigenvalue weighted by Crippen LogP contribution is 2.22. The highest BCUT2D eigenvalue weighted by atomic mass is 35.5. The van der Waals surface area contributed by atoms with Crippen LogP contribution in [0.5, 0.6) is 0 Å². The van der Waals surface area contributed by atoms with Crippen LogP contribution in [0.1, 0.15) is 35.4 Å². The average Bonchev–Trinajstić information content (AvgIpc) is 2.50. The number of hydrogen-bond donors (Lipinski definition) is 2. The molecule has 1 heterocycles. The van der Waals surface area contributed by atoms with Gasteiger partial charge in [0.1, 0.15) is 5.01 Å². The van der Waals surface area contributed by atoms with E-state index in [0.29, 0.717) is 5.01 Å². The summed E-state index contributed by atoms with van der Waals surface area (Å²) in [6.45, 7) is 3.96. The molecule has 1 atom stereocenters. The molecule has 3 N–H and O–H groups in total. The molecular formula is C8H13ClN2O2S. The lowest BCUT2D eigenvalue weighted by molar-refractivity contribution is 0.0691. The van der Waals surface area contributed by atoms with Crippen molar-refractivity contribution >= 4 is 29.7 Å². The van der Waals surface area contributed by atoms with Crippen LogP contribution >= 0.6 is 23.7 Å². The minimum atomic E-state index is -1.00. The quantitative estimate of drug-likeness (QED) is 0.841. The van der Waals surface area contributed by atoms with Gasteiger partial charge in [0.05, 0.1) is 6.04 Å². The fraction of sp³-hybridized carbons (Fsp3) is 0.500. The summed E-state index contributed by atoms with van der Waals surface area (Å²) in [6, 6.07) is -0.168. The van der Waals surface area contributed by atoms with E-state index in [0.717, 1.165) is 0 Å². The van der Waals surface area contributed by atoms with Gasteiger partial charge in [0.15, 0.2) is 5.69 Å². The van der Waals surface area contributed by atoms with Crippen LogP contribution in [0, 0.1) is 5.92 Å². The van der Waals surface area contributed by atoms with Crippen LogP contribution < -0.4 is 5.73 Å². The van der Waals surface area contributed by atoms with E-state index < -0.39 is 5.97 Å². The molecule has 1 aromatic rings. The van der Waals surface area contributed by atoms with Crippen molar-refractivity contribution in [3.63, 3.8) is 0 Å². The minimum absolute atomic E-state index is 0. The van der Waals surface area contributed by atoms with Crippen LogP contribution in [0.15, 0.2) is 5.38 Å². The summed E-state index contributed by atoms with van der Waals surface area (Å²) >= 11 is 1.30. The predicted octanol–water partition coefficient (Wildman–Crippen LogP) is 1.92. The zero-order valence-corrected chi connectivity index (χ0v) is 9.56. The highest BCUT2D eigenvalue weighted by molar-refractivity contribution is 7.09. The van der Waals surface area contributed by atoms with Crippen molar-refractivity contribution in [2.75, 3.05) is 0 Å². The number of nitrogens with two attached hydrogens (primary N) is 1. The van der Waals surface area contributed by atoms with Crippen molar-refractivity contribution in [2.24, 2.45) is 11.7 Å². The van der Waals surface area contributed by atoms with Crippen LogP contribution in [-0.4, -0.2) is 16.1 Å². The Morgan fingerprint density at radius 3 is 2.57 bits per heavy atom. The van der Waals surface area contributed by atoms with Gasteiger partial charge in [0.25, 0.3) is 0 Å². The van der Waals surface area contributed by atoms with Crippen LogP contribution in [0.25, 0.3) is 0 Å². The van der Waals surface area contributed by atoms with E-state index in [-0.39, 0.29) is 30.1 Å². The van der Waals surface area contributed by atoms with E-state index in [9.17, 15) is 4.79 Å². The predicted molar refractivity (Wildman–Crippen MR) is 58.1 cm³/mol. The van der Waals surface area contributed by atoms with E-state index in [1.54, 1.807) is 0 Å². The Morgan fingerprint density at radius 1 is 1.64 bits per heavy atom. The number of aromatic carboxylic acids is 1. The molecular weight excluding hydrogens is 224 g/mol. The molecule has 0 bridgehead atoms. The first-order valence-electron chi connectivity index (χ1n) is 3.96. The van der Waals surface area contributed by atoms with Crippen molar-refractivity contribution in [1.29, 1.82) is 0 Å². The molecule has 1 rings (SSSR count). The molecule has 0 saturated carbocycles. The summed E-state index contributed by atoms with van der Waals surface area (Å²) in [5, 5.41) is 10.8. The number of halogens is 1. The van der Waals surface area contributed by atoms with E-state index in [1.807, 2.05) is 13.8 Å². The van der Waals surface area contributed by atoms with Gasteiger partial charge in [-0.3, -0.25) is 0 Å². The summed E-state index contributed by atoms with van der Waals surface area (Å²) in [5.41, 5.74) is 5.89. The Hall–Kier alpha value is -0.650. The topological polar surface area (TPSA) is 76.2 Å². The fourth-order valence-corrected chi connectivity index (χ4v) is 1.79. The molecule has 0 fully saturated rings. The summed E-state index contributed by atoms with van der Waals surface area (Å²) in [4.78, 5) is 14.4. The zero-order chi connectivity index (χ0) is 10.0. The van der Waals surface area contributed by atoms with Gasteiger partial charge in [0, 0.05) is 5.38 Å². The monoisotopic (exact) mass is 236 g/mol. The van der Waals surface area contributed by atoms with Gasteiger partial charge in [-0.25, -0.2) is 9.78 Å². The fourth-order valence-electron chi connectivity index (χ4n) is 0.824. The van der Waals surface area contributed by atoms with Gasteiger partial charge in [-0.1, -0.05) is 13.8 Å². The SMILES string of the molecule is CC(C)C(N)c1nc(C(=O)O)cs1.Cl. The van der Waals surface area contributed by atoms with Crippen molar-refractivity contribution in [3.05, 3.63) is 16.1 Å². The number of hydrogen-bond acceptors (Lipinski definition) is 4. The van der Waals surface area contributed by atoms with Crippen molar-refractivity contribution in [1.82, 2.24) is 4.98 Å². The smallest absolute Gasteiger partial charge is 0.355 e. The Morgan fingerprint density at radius 2 is 2.21 bits per heavy atom. The third-order valence-corrected chi connectivity index (χ3v) is 2.69. The van der Waals surface area contributed by atoms with E-state index in [1.165, 1.54) is 16.7 Å². The lowest BCUT2D eigenvalue weighted by Crippen LogP contribution is -2.16. The standard InChI is InChI=1S/C8H12N2O2S.ClH/c1-4(2)6(9)7-10-5(3-13-7)8(11)12;/h3-4,6H,9H2,1-2H3,(H,11,12);1H. The van der Waals surface area contributed by atoms with Gasteiger partial charge >= 0.3 is 5.97 Å². The third-order valence-electron chi connectivity index (χ3n) is 1.74. The Bertz CT molecular complexity index is 314. The maximum absolute atomic E-state index is 10.5. The van der Waals surface area contributed by atoms with Crippen LogP contribution in [0.4, 0.5) is 0 Å². The van der Waals surface area contributed by atoms with E-state index in [2.05, 4.69) is 4.98 Å². The molecule has 0 aliphatic rings. The number of rotatable bonds is 3. The summed E-state index contributed by atoms with van der Waals surface area (Å²) < 4.78 is 0. The van der Waals surface area contributed by atoms with E-state index >= 15 is 0 Å². The molecule has 0 aliphatic carbocycles. The van der Waals surface area contributed by atoms with Crippen molar-refractivity contribution in [2.45, 2.75) is 19.9 Å². The number of nitrogens with zero attached hydrogens (tertiary/aromatic N) is 1. The lowest BCUT2D eigenvalue weighted by Gasteiger charge is -2.11. The lowest BCUT2D eigenvalue weighted by atomic mass is 10.1. The summed E-state index contributed by atoms with van der Waals surface area (Å²) in [6.07, 6.45) is 0. The molecule has 0 radical (unpaired) electrons. The van der Waals surface area contributed by atoms with Crippen LogP contribution in [-0.2, 0) is 0 Å². The second-order valence-corrected chi connectivity index (χ2v) is 4.04. The van der Waals surface area contributed by atoms with Gasteiger partial charge < -0.3 is 10.8 Å². The first-order valence-corrected chi connectivity index (χ1v) is 4.84. The summed E-state index contributed by atoms with van der Waals surface area (Å²) in [5.74, 6) is -0.730. The molecule has 1 aromatic heterocycles. The number of aromatic nitrogens is 1. The molecule has 0 aromatic carbocycles. The highest BCUT2D eigenvalue weighted by Gasteiger charge is 2.16. The first-order chi connectivity index (χ1) is 6.02. The largest absolute Gasteiger partial charge is 0.476 e. The number of carbonyl (C=O) groups is 1. The number of carboxylic acids is 1. The average molecular weight is 237 g/mol.